The predicted octanol–water partition coefficient (Wildman–Crippen LogP) is 5.49. The summed E-state index contributed by atoms with van der Waals surface area (Å²) in [6.45, 7) is 5.93. The summed E-state index contributed by atoms with van der Waals surface area (Å²) >= 11 is 0. The van der Waals surface area contributed by atoms with Crippen LogP contribution in [0.15, 0.2) is 59.7 Å². The van der Waals surface area contributed by atoms with Crippen LogP contribution in [-0.4, -0.2) is 11.2 Å². The van der Waals surface area contributed by atoms with Crippen molar-refractivity contribution in [3.05, 3.63) is 88.5 Å². The Morgan fingerprint density at radius 3 is 2.52 bits per heavy atom. The molecule has 0 unspecified atom stereocenters. The number of hydrogen-bond donors (Lipinski definition) is 1. The fourth-order valence-electron chi connectivity index (χ4n) is 3.04. The number of aliphatic imine (C=N–C) groups is 1. The summed E-state index contributed by atoms with van der Waals surface area (Å²) in [6, 6.07) is 14.7. The van der Waals surface area contributed by atoms with Crippen LogP contribution in [-0.2, 0) is 0 Å². The minimum absolute atomic E-state index is 0.254. The van der Waals surface area contributed by atoms with Crippen molar-refractivity contribution in [3.63, 3.8) is 0 Å². The highest BCUT2D eigenvalue weighted by Gasteiger charge is 2.07. The van der Waals surface area contributed by atoms with Crippen molar-refractivity contribution in [1.82, 2.24) is 4.98 Å². The average Bonchev–Trinajstić information content (AvgIpc) is 2.62. The molecule has 0 aliphatic heterocycles. The zero-order chi connectivity index (χ0) is 19.4. The smallest absolute Gasteiger partial charge is 0.152 e. The van der Waals surface area contributed by atoms with Crippen molar-refractivity contribution in [1.29, 1.82) is 0 Å². The SMILES string of the molecule is Cc1cc(C)nc(N=Cc2cc(-c3cc(F)ccc3C)ccc2/C=C/N)c1. The first-order valence-corrected chi connectivity index (χ1v) is 8.74. The standard InChI is InChI=1S/C23H22FN3/c1-15-10-17(3)27-23(11-15)26-14-20-12-19(6-5-18(20)8-9-25)22-13-21(24)7-4-16(22)2/h4-14H,25H2,1-3H3/b9-8+,26-14?. The number of aryl methyl sites for hydroxylation is 3. The summed E-state index contributed by atoms with van der Waals surface area (Å²) in [6.07, 6.45) is 5.09. The highest BCUT2D eigenvalue weighted by molar-refractivity contribution is 5.89. The Kier molecular flexibility index (Phi) is 5.46. The molecule has 0 aliphatic rings. The molecule has 3 aromatic rings. The summed E-state index contributed by atoms with van der Waals surface area (Å²) in [5.41, 5.74) is 12.2. The van der Waals surface area contributed by atoms with Crippen LogP contribution in [0.25, 0.3) is 17.2 Å². The molecule has 0 radical (unpaired) electrons. The van der Waals surface area contributed by atoms with Gasteiger partial charge in [0.05, 0.1) is 0 Å². The molecule has 1 heterocycles. The first-order chi connectivity index (χ1) is 13.0. The van der Waals surface area contributed by atoms with E-state index in [1.807, 2.05) is 57.2 Å². The van der Waals surface area contributed by atoms with Crippen LogP contribution in [0.4, 0.5) is 10.2 Å². The molecule has 27 heavy (non-hydrogen) atoms. The van der Waals surface area contributed by atoms with Crippen LogP contribution < -0.4 is 5.73 Å². The number of benzene rings is 2. The van der Waals surface area contributed by atoms with Crippen molar-refractivity contribution in [3.8, 4) is 11.1 Å². The number of pyridine rings is 1. The Balaban J connectivity index is 2.06. The maximum atomic E-state index is 13.7. The van der Waals surface area contributed by atoms with E-state index >= 15 is 0 Å². The van der Waals surface area contributed by atoms with Crippen LogP contribution in [0.1, 0.15) is 27.9 Å². The Morgan fingerprint density at radius 1 is 0.963 bits per heavy atom. The molecule has 4 heteroatoms. The molecule has 0 bridgehead atoms. The third-order valence-electron chi connectivity index (χ3n) is 4.29. The van der Waals surface area contributed by atoms with Crippen LogP contribution in [0.3, 0.4) is 0 Å². The summed E-state index contributed by atoms with van der Waals surface area (Å²) in [5.74, 6) is 0.402. The minimum atomic E-state index is -0.254. The zero-order valence-electron chi connectivity index (χ0n) is 15.7. The van der Waals surface area contributed by atoms with E-state index in [4.69, 9.17) is 5.73 Å². The fourth-order valence-corrected chi connectivity index (χ4v) is 3.04. The first kappa shape index (κ1) is 18.5. The van der Waals surface area contributed by atoms with Gasteiger partial charge in [-0.1, -0.05) is 18.2 Å². The average molecular weight is 359 g/mol. The number of hydrogen-bond acceptors (Lipinski definition) is 3. The van der Waals surface area contributed by atoms with Crippen LogP contribution >= 0.6 is 0 Å². The zero-order valence-corrected chi connectivity index (χ0v) is 15.7. The molecule has 0 saturated carbocycles. The lowest BCUT2D eigenvalue weighted by atomic mass is 9.96. The number of aromatic nitrogens is 1. The lowest BCUT2D eigenvalue weighted by Gasteiger charge is -2.09. The first-order valence-electron chi connectivity index (χ1n) is 8.74. The molecule has 136 valence electrons. The minimum Gasteiger partial charge on any atom is -0.405 e. The van der Waals surface area contributed by atoms with Gasteiger partial charge >= 0.3 is 0 Å². The summed E-state index contributed by atoms with van der Waals surface area (Å²) < 4.78 is 13.7. The van der Waals surface area contributed by atoms with Crippen molar-refractivity contribution in [2.45, 2.75) is 20.8 Å². The van der Waals surface area contributed by atoms with Crippen molar-refractivity contribution >= 4 is 18.1 Å². The van der Waals surface area contributed by atoms with Gasteiger partial charge in [-0.3, -0.25) is 0 Å². The van der Waals surface area contributed by atoms with Crippen molar-refractivity contribution in [2.75, 3.05) is 0 Å². The molecule has 3 nitrogen and oxygen atoms in total. The van der Waals surface area contributed by atoms with E-state index < -0.39 is 0 Å². The third-order valence-corrected chi connectivity index (χ3v) is 4.29. The monoisotopic (exact) mass is 359 g/mol. The molecule has 0 fully saturated rings. The molecular weight excluding hydrogens is 337 g/mol. The van der Waals surface area contributed by atoms with Crippen LogP contribution in [0.2, 0.25) is 0 Å². The van der Waals surface area contributed by atoms with Gasteiger partial charge in [-0.2, -0.15) is 0 Å². The summed E-state index contributed by atoms with van der Waals surface area (Å²) in [4.78, 5) is 8.97. The molecule has 2 N–H and O–H groups in total. The lowest BCUT2D eigenvalue weighted by molar-refractivity contribution is 0.628. The van der Waals surface area contributed by atoms with Gasteiger partial charge in [0.15, 0.2) is 5.82 Å². The Bertz CT molecular complexity index is 1020. The van der Waals surface area contributed by atoms with Gasteiger partial charge in [0.2, 0.25) is 0 Å². The molecule has 0 spiro atoms. The molecule has 3 rings (SSSR count). The predicted molar refractivity (Wildman–Crippen MR) is 111 cm³/mol. The van der Waals surface area contributed by atoms with Gasteiger partial charge in [0, 0.05) is 17.5 Å². The van der Waals surface area contributed by atoms with E-state index in [0.29, 0.717) is 5.82 Å². The maximum Gasteiger partial charge on any atom is 0.152 e. The van der Waals surface area contributed by atoms with E-state index in [9.17, 15) is 4.39 Å². The molecule has 0 aliphatic carbocycles. The normalized spacial score (nSPS) is 11.6. The second-order valence-corrected chi connectivity index (χ2v) is 6.56. The Hall–Kier alpha value is -3.27. The van der Waals surface area contributed by atoms with Gasteiger partial charge in [-0.05, 0) is 91.2 Å². The van der Waals surface area contributed by atoms with Gasteiger partial charge in [0.25, 0.3) is 0 Å². The topological polar surface area (TPSA) is 51.3 Å². The lowest BCUT2D eigenvalue weighted by Crippen LogP contribution is -1.93. The molecule has 1 aromatic heterocycles. The molecule has 0 atom stereocenters. The summed E-state index contributed by atoms with van der Waals surface area (Å²) in [5, 5.41) is 0. The van der Waals surface area contributed by atoms with Crippen molar-refractivity contribution in [2.24, 2.45) is 10.7 Å². The van der Waals surface area contributed by atoms with E-state index in [1.54, 1.807) is 18.3 Å². The number of nitrogens with two attached hydrogens (primary N) is 1. The van der Waals surface area contributed by atoms with E-state index in [1.165, 1.54) is 12.3 Å². The largest absolute Gasteiger partial charge is 0.405 e. The number of rotatable bonds is 4. The van der Waals surface area contributed by atoms with Gasteiger partial charge < -0.3 is 5.73 Å². The van der Waals surface area contributed by atoms with Crippen LogP contribution in [0, 0.1) is 26.6 Å². The van der Waals surface area contributed by atoms with E-state index in [0.717, 1.165) is 39.1 Å². The maximum absolute atomic E-state index is 13.7. The fraction of sp³-hybridized carbons (Fsp3) is 0.130. The molecular formula is C23H22FN3. The third kappa shape index (κ3) is 4.47. The Morgan fingerprint density at radius 2 is 1.78 bits per heavy atom. The highest BCUT2D eigenvalue weighted by atomic mass is 19.1. The van der Waals surface area contributed by atoms with Gasteiger partial charge in [-0.15, -0.1) is 0 Å². The van der Waals surface area contributed by atoms with Gasteiger partial charge in [-0.25, -0.2) is 14.4 Å². The Labute approximate surface area is 159 Å². The number of halogens is 1. The quantitative estimate of drug-likeness (QED) is 0.626. The molecule has 0 amide bonds. The molecule has 2 aromatic carbocycles. The second-order valence-electron chi connectivity index (χ2n) is 6.56. The summed E-state index contributed by atoms with van der Waals surface area (Å²) in [7, 11) is 0. The number of nitrogens with zero attached hydrogens (tertiary/aromatic N) is 2. The molecule has 0 saturated heterocycles. The van der Waals surface area contributed by atoms with E-state index in [-0.39, 0.29) is 5.82 Å². The second kappa shape index (κ2) is 7.96. The van der Waals surface area contributed by atoms with Gasteiger partial charge in [0.1, 0.15) is 5.82 Å². The van der Waals surface area contributed by atoms with Crippen molar-refractivity contribution < 1.29 is 4.39 Å². The van der Waals surface area contributed by atoms with Crippen LogP contribution in [0.5, 0.6) is 0 Å². The van der Waals surface area contributed by atoms with E-state index in [2.05, 4.69) is 9.98 Å². The highest BCUT2D eigenvalue weighted by Crippen LogP contribution is 2.27.